The van der Waals surface area contributed by atoms with Gasteiger partial charge in [-0.3, -0.25) is 4.79 Å². The fourth-order valence-electron chi connectivity index (χ4n) is 0.640. The van der Waals surface area contributed by atoms with Crippen molar-refractivity contribution >= 4 is 11.9 Å². The highest BCUT2D eigenvalue weighted by Crippen LogP contribution is 2.02. The van der Waals surface area contributed by atoms with Gasteiger partial charge >= 0.3 is 5.97 Å². The van der Waals surface area contributed by atoms with E-state index in [1.165, 1.54) is 19.1 Å². The third kappa shape index (κ3) is 4.25. The first-order valence-electron chi connectivity index (χ1n) is 3.94. The summed E-state index contributed by atoms with van der Waals surface area (Å²) in [4.78, 5) is 21.7. The van der Waals surface area contributed by atoms with Crippen LogP contribution < -0.4 is 5.73 Å². The molecule has 0 bridgehead atoms. The molecule has 0 rings (SSSR count). The Kier molecular flexibility index (Phi) is 4.99. The lowest BCUT2D eigenvalue weighted by Crippen LogP contribution is -2.13. The molecule has 0 atom stereocenters. The Morgan fingerprint density at radius 2 is 2.07 bits per heavy atom. The van der Waals surface area contributed by atoms with Crippen molar-refractivity contribution in [1.82, 2.24) is 0 Å². The quantitative estimate of drug-likeness (QED) is 0.304. The Bertz CT molecular complexity index is 302. The molecule has 0 saturated heterocycles. The van der Waals surface area contributed by atoms with Crippen LogP contribution >= 0.6 is 0 Å². The SMILES string of the molecule is C=CCOC(=O)/C(C)=C/C(=C)C(N)=O. The fraction of sp³-hybridized carbons (Fsp3) is 0.200. The number of ether oxygens (including phenoxy) is 1. The van der Waals surface area contributed by atoms with E-state index in [2.05, 4.69) is 13.2 Å². The molecule has 14 heavy (non-hydrogen) atoms. The number of carbonyl (C=O) groups excluding carboxylic acids is 2. The number of carbonyl (C=O) groups is 2. The topological polar surface area (TPSA) is 69.4 Å². The van der Waals surface area contributed by atoms with E-state index in [0.717, 1.165) is 0 Å². The van der Waals surface area contributed by atoms with Gasteiger partial charge in [0.2, 0.25) is 5.91 Å². The first kappa shape index (κ1) is 12.2. The number of rotatable bonds is 5. The van der Waals surface area contributed by atoms with E-state index >= 15 is 0 Å². The Balaban J connectivity index is 4.37. The van der Waals surface area contributed by atoms with E-state index in [0.29, 0.717) is 0 Å². The smallest absolute Gasteiger partial charge is 0.334 e. The highest BCUT2D eigenvalue weighted by atomic mass is 16.5. The minimum Gasteiger partial charge on any atom is -0.458 e. The number of esters is 1. The van der Waals surface area contributed by atoms with Gasteiger partial charge in [0, 0.05) is 11.1 Å². The second kappa shape index (κ2) is 5.75. The monoisotopic (exact) mass is 195 g/mol. The summed E-state index contributed by atoms with van der Waals surface area (Å²) in [7, 11) is 0. The maximum absolute atomic E-state index is 11.1. The van der Waals surface area contributed by atoms with Crippen LogP contribution in [0.25, 0.3) is 0 Å². The summed E-state index contributed by atoms with van der Waals surface area (Å²) < 4.78 is 4.72. The molecule has 0 aliphatic rings. The third-order valence-electron chi connectivity index (χ3n) is 1.36. The molecule has 0 aromatic heterocycles. The minimum atomic E-state index is -0.666. The minimum absolute atomic E-state index is 0.0676. The molecule has 0 aliphatic carbocycles. The zero-order chi connectivity index (χ0) is 11.1. The van der Waals surface area contributed by atoms with E-state index < -0.39 is 11.9 Å². The standard InChI is InChI=1S/C10H13NO3/c1-4-5-14-10(13)8(3)6-7(2)9(11)12/h4,6H,1-2,5H2,3H3,(H2,11,12)/b8-6+. The zero-order valence-electron chi connectivity index (χ0n) is 8.08. The normalized spacial score (nSPS) is 10.5. The van der Waals surface area contributed by atoms with Crippen LogP contribution in [0.5, 0.6) is 0 Å². The van der Waals surface area contributed by atoms with Gasteiger partial charge in [-0.05, 0) is 13.0 Å². The van der Waals surface area contributed by atoms with Crippen LogP contribution in [0.3, 0.4) is 0 Å². The molecule has 76 valence electrons. The van der Waals surface area contributed by atoms with Crippen molar-refractivity contribution in [2.45, 2.75) is 6.92 Å². The molecular formula is C10H13NO3. The highest BCUT2D eigenvalue weighted by Gasteiger charge is 2.06. The van der Waals surface area contributed by atoms with Gasteiger partial charge in [-0.2, -0.15) is 0 Å². The number of amides is 1. The van der Waals surface area contributed by atoms with Crippen molar-refractivity contribution in [2.24, 2.45) is 5.73 Å². The summed E-state index contributed by atoms with van der Waals surface area (Å²) in [5.74, 6) is -1.19. The lowest BCUT2D eigenvalue weighted by molar-refractivity contribution is -0.137. The third-order valence-corrected chi connectivity index (χ3v) is 1.36. The van der Waals surface area contributed by atoms with Crippen LogP contribution in [0.2, 0.25) is 0 Å². The van der Waals surface area contributed by atoms with E-state index in [-0.39, 0.29) is 17.8 Å². The first-order valence-corrected chi connectivity index (χ1v) is 3.94. The number of hydrogen-bond donors (Lipinski definition) is 1. The van der Waals surface area contributed by atoms with Crippen LogP contribution in [0, 0.1) is 0 Å². The van der Waals surface area contributed by atoms with Gasteiger partial charge in [-0.1, -0.05) is 19.2 Å². The van der Waals surface area contributed by atoms with Crippen LogP contribution in [-0.2, 0) is 14.3 Å². The van der Waals surface area contributed by atoms with Gasteiger partial charge in [-0.25, -0.2) is 4.79 Å². The van der Waals surface area contributed by atoms with Crippen LogP contribution in [0.15, 0.2) is 36.5 Å². The van der Waals surface area contributed by atoms with E-state index in [1.807, 2.05) is 0 Å². The predicted octanol–water partition coefficient (Wildman–Crippen LogP) is 0.703. The van der Waals surface area contributed by atoms with Gasteiger partial charge in [0.25, 0.3) is 0 Å². The van der Waals surface area contributed by atoms with Gasteiger partial charge < -0.3 is 10.5 Å². The summed E-state index contributed by atoms with van der Waals surface area (Å²) in [5.41, 5.74) is 5.27. The van der Waals surface area contributed by atoms with Gasteiger partial charge in [0.05, 0.1) is 0 Å². The maximum Gasteiger partial charge on any atom is 0.334 e. The van der Waals surface area contributed by atoms with Crippen molar-refractivity contribution in [1.29, 1.82) is 0 Å². The molecule has 1 amide bonds. The number of primary amides is 1. The molecule has 0 unspecified atom stereocenters. The molecule has 2 N–H and O–H groups in total. The van der Waals surface area contributed by atoms with Crippen LogP contribution in [-0.4, -0.2) is 18.5 Å². The lowest BCUT2D eigenvalue weighted by atomic mass is 10.2. The van der Waals surface area contributed by atoms with Gasteiger partial charge in [0.15, 0.2) is 0 Å². The van der Waals surface area contributed by atoms with E-state index in [9.17, 15) is 9.59 Å². The van der Waals surface area contributed by atoms with Crippen LogP contribution in [0.1, 0.15) is 6.92 Å². The van der Waals surface area contributed by atoms with E-state index in [1.54, 1.807) is 0 Å². The average Bonchev–Trinajstić information content (AvgIpc) is 2.13. The van der Waals surface area contributed by atoms with Gasteiger partial charge in [-0.15, -0.1) is 0 Å². The second-order valence-corrected chi connectivity index (χ2v) is 2.60. The van der Waals surface area contributed by atoms with E-state index in [4.69, 9.17) is 10.5 Å². The molecule has 0 heterocycles. The molecule has 4 nitrogen and oxygen atoms in total. The maximum atomic E-state index is 11.1. The van der Waals surface area contributed by atoms with Crippen LogP contribution in [0.4, 0.5) is 0 Å². The number of nitrogens with two attached hydrogens (primary N) is 1. The lowest BCUT2D eigenvalue weighted by Gasteiger charge is -2.01. The Labute approximate surface area is 82.7 Å². The van der Waals surface area contributed by atoms with Gasteiger partial charge in [0.1, 0.15) is 6.61 Å². The molecule has 0 saturated carbocycles. The predicted molar refractivity (Wildman–Crippen MR) is 53.2 cm³/mol. The summed E-state index contributed by atoms with van der Waals surface area (Å²) in [6.45, 7) is 8.42. The Morgan fingerprint density at radius 1 is 1.50 bits per heavy atom. The summed E-state index contributed by atoms with van der Waals surface area (Å²) >= 11 is 0. The zero-order valence-corrected chi connectivity index (χ0v) is 8.08. The largest absolute Gasteiger partial charge is 0.458 e. The molecule has 0 spiro atoms. The number of hydrogen-bond acceptors (Lipinski definition) is 3. The molecule has 0 fully saturated rings. The Morgan fingerprint density at radius 3 is 2.50 bits per heavy atom. The van der Waals surface area contributed by atoms with Crippen molar-refractivity contribution < 1.29 is 14.3 Å². The molecule has 0 aromatic carbocycles. The second-order valence-electron chi connectivity index (χ2n) is 2.60. The van der Waals surface area contributed by atoms with Crippen molar-refractivity contribution in [3.63, 3.8) is 0 Å². The average molecular weight is 195 g/mol. The fourth-order valence-corrected chi connectivity index (χ4v) is 0.640. The Hall–Kier alpha value is -1.84. The highest BCUT2D eigenvalue weighted by molar-refractivity contribution is 5.97. The molecule has 0 aromatic rings. The first-order chi connectivity index (χ1) is 6.49. The van der Waals surface area contributed by atoms with Crippen molar-refractivity contribution in [3.05, 3.63) is 36.5 Å². The molecule has 0 aliphatic heterocycles. The molecule has 4 heteroatoms. The van der Waals surface area contributed by atoms with Crippen molar-refractivity contribution in [3.8, 4) is 0 Å². The molecular weight excluding hydrogens is 182 g/mol. The summed E-state index contributed by atoms with van der Waals surface area (Å²) in [5, 5.41) is 0. The molecule has 0 radical (unpaired) electrons. The summed E-state index contributed by atoms with van der Waals surface area (Å²) in [6, 6.07) is 0. The van der Waals surface area contributed by atoms with Crippen molar-refractivity contribution in [2.75, 3.05) is 6.61 Å². The summed E-state index contributed by atoms with van der Waals surface area (Å²) in [6.07, 6.45) is 2.74.